The molecule has 90 valence electrons. The molecule has 1 aromatic carbocycles. The molecule has 0 amide bonds. The third-order valence-electron chi connectivity index (χ3n) is 2.69. The van der Waals surface area contributed by atoms with Gasteiger partial charge in [0.2, 0.25) is 0 Å². The molecule has 0 aliphatic carbocycles. The van der Waals surface area contributed by atoms with Gasteiger partial charge in [-0.15, -0.1) is 0 Å². The molecule has 3 nitrogen and oxygen atoms in total. The first-order valence-electron chi connectivity index (χ1n) is 6.01. The SMILES string of the molecule is CC(C)CNCc1cc(N)nc2ccccc12. The van der Waals surface area contributed by atoms with Gasteiger partial charge in [0.1, 0.15) is 5.82 Å². The molecule has 0 atom stereocenters. The first-order valence-corrected chi connectivity index (χ1v) is 6.01. The number of nitrogens with two attached hydrogens (primary N) is 1. The minimum atomic E-state index is 0.588. The van der Waals surface area contributed by atoms with Crippen LogP contribution in [0.5, 0.6) is 0 Å². The molecule has 1 heterocycles. The van der Waals surface area contributed by atoms with E-state index in [0.717, 1.165) is 18.6 Å². The number of nitrogens with zero attached hydrogens (tertiary/aromatic N) is 1. The highest BCUT2D eigenvalue weighted by molar-refractivity contribution is 5.83. The molecule has 3 N–H and O–H groups in total. The van der Waals surface area contributed by atoms with Crippen LogP contribution in [-0.4, -0.2) is 11.5 Å². The van der Waals surface area contributed by atoms with Crippen molar-refractivity contribution in [1.82, 2.24) is 10.3 Å². The molecule has 2 rings (SSSR count). The number of pyridine rings is 1. The highest BCUT2D eigenvalue weighted by Crippen LogP contribution is 2.19. The summed E-state index contributed by atoms with van der Waals surface area (Å²) in [6.07, 6.45) is 0. The summed E-state index contributed by atoms with van der Waals surface area (Å²) >= 11 is 0. The van der Waals surface area contributed by atoms with Gasteiger partial charge in [-0.25, -0.2) is 4.98 Å². The average Bonchev–Trinajstić information content (AvgIpc) is 2.28. The van der Waals surface area contributed by atoms with E-state index in [2.05, 4.69) is 30.2 Å². The molecule has 0 aliphatic heterocycles. The molecule has 0 bridgehead atoms. The Morgan fingerprint density at radius 3 is 2.82 bits per heavy atom. The van der Waals surface area contributed by atoms with E-state index < -0.39 is 0 Å². The van der Waals surface area contributed by atoms with Crippen molar-refractivity contribution < 1.29 is 0 Å². The first kappa shape index (κ1) is 11.9. The van der Waals surface area contributed by atoms with Crippen molar-refractivity contribution in [2.75, 3.05) is 12.3 Å². The molecule has 1 aromatic heterocycles. The third-order valence-corrected chi connectivity index (χ3v) is 2.69. The highest BCUT2D eigenvalue weighted by atomic mass is 14.9. The Hall–Kier alpha value is -1.61. The maximum Gasteiger partial charge on any atom is 0.124 e. The quantitative estimate of drug-likeness (QED) is 0.847. The van der Waals surface area contributed by atoms with Crippen LogP contribution in [0.4, 0.5) is 5.82 Å². The predicted octanol–water partition coefficient (Wildman–Crippen LogP) is 2.56. The average molecular weight is 229 g/mol. The molecule has 2 aromatic rings. The lowest BCUT2D eigenvalue weighted by Gasteiger charge is -2.10. The third kappa shape index (κ3) is 2.94. The summed E-state index contributed by atoms with van der Waals surface area (Å²) in [6, 6.07) is 10.1. The van der Waals surface area contributed by atoms with E-state index in [-0.39, 0.29) is 0 Å². The number of para-hydroxylation sites is 1. The Morgan fingerprint density at radius 1 is 1.29 bits per heavy atom. The van der Waals surface area contributed by atoms with Crippen molar-refractivity contribution in [3.8, 4) is 0 Å². The number of hydrogen-bond donors (Lipinski definition) is 2. The van der Waals surface area contributed by atoms with Crippen LogP contribution in [0.1, 0.15) is 19.4 Å². The largest absolute Gasteiger partial charge is 0.384 e. The zero-order valence-electron chi connectivity index (χ0n) is 10.4. The van der Waals surface area contributed by atoms with E-state index in [1.54, 1.807) is 0 Å². The van der Waals surface area contributed by atoms with Crippen molar-refractivity contribution in [3.05, 3.63) is 35.9 Å². The molecule has 0 fully saturated rings. The van der Waals surface area contributed by atoms with Crippen molar-refractivity contribution >= 4 is 16.7 Å². The number of rotatable bonds is 4. The Kier molecular flexibility index (Phi) is 3.59. The first-order chi connectivity index (χ1) is 8.16. The van der Waals surface area contributed by atoms with E-state index in [0.29, 0.717) is 11.7 Å². The predicted molar refractivity (Wildman–Crippen MR) is 72.7 cm³/mol. The van der Waals surface area contributed by atoms with Gasteiger partial charge in [0, 0.05) is 11.9 Å². The maximum absolute atomic E-state index is 5.82. The van der Waals surface area contributed by atoms with Gasteiger partial charge in [-0.3, -0.25) is 0 Å². The summed E-state index contributed by atoms with van der Waals surface area (Å²) in [5.41, 5.74) is 8.00. The lowest BCUT2D eigenvalue weighted by atomic mass is 10.1. The van der Waals surface area contributed by atoms with Crippen LogP contribution in [0.25, 0.3) is 10.9 Å². The standard InChI is InChI=1S/C14H19N3/c1-10(2)8-16-9-11-7-14(15)17-13-6-4-3-5-12(11)13/h3-7,10,16H,8-9H2,1-2H3,(H2,15,17). The maximum atomic E-state index is 5.82. The summed E-state index contributed by atoms with van der Waals surface area (Å²) in [7, 11) is 0. The number of anilines is 1. The zero-order valence-corrected chi connectivity index (χ0v) is 10.4. The molecular weight excluding hydrogens is 210 g/mol. The molecule has 0 spiro atoms. The summed E-state index contributed by atoms with van der Waals surface area (Å²) in [5.74, 6) is 1.24. The molecule has 0 aliphatic rings. The Labute approximate surface area is 102 Å². The van der Waals surface area contributed by atoms with Crippen LogP contribution in [-0.2, 0) is 6.54 Å². The fourth-order valence-electron chi connectivity index (χ4n) is 1.91. The van der Waals surface area contributed by atoms with Crippen LogP contribution in [0, 0.1) is 5.92 Å². The second-order valence-corrected chi connectivity index (χ2v) is 4.75. The molecule has 0 unspecified atom stereocenters. The topological polar surface area (TPSA) is 50.9 Å². The zero-order chi connectivity index (χ0) is 12.3. The van der Waals surface area contributed by atoms with Gasteiger partial charge < -0.3 is 11.1 Å². The van der Waals surface area contributed by atoms with Crippen LogP contribution in [0.2, 0.25) is 0 Å². The second-order valence-electron chi connectivity index (χ2n) is 4.75. The number of aromatic nitrogens is 1. The summed E-state index contributed by atoms with van der Waals surface area (Å²) in [6.45, 7) is 6.25. The molecular formula is C14H19N3. The van der Waals surface area contributed by atoms with Gasteiger partial charge in [0.25, 0.3) is 0 Å². The fourth-order valence-corrected chi connectivity index (χ4v) is 1.91. The molecule has 0 saturated carbocycles. The summed E-state index contributed by atoms with van der Waals surface area (Å²) in [5, 5.41) is 4.62. The Morgan fingerprint density at radius 2 is 2.06 bits per heavy atom. The van der Waals surface area contributed by atoms with Gasteiger partial charge in [-0.05, 0) is 30.2 Å². The number of fused-ring (bicyclic) bond motifs is 1. The van der Waals surface area contributed by atoms with Crippen molar-refractivity contribution in [3.63, 3.8) is 0 Å². The van der Waals surface area contributed by atoms with Gasteiger partial charge >= 0.3 is 0 Å². The Bertz CT molecular complexity index is 506. The smallest absolute Gasteiger partial charge is 0.124 e. The van der Waals surface area contributed by atoms with E-state index >= 15 is 0 Å². The molecule has 0 saturated heterocycles. The van der Waals surface area contributed by atoms with Gasteiger partial charge in [-0.2, -0.15) is 0 Å². The van der Waals surface area contributed by atoms with E-state index in [9.17, 15) is 0 Å². The van der Waals surface area contributed by atoms with E-state index in [4.69, 9.17) is 5.73 Å². The Balaban J connectivity index is 2.26. The number of hydrogen-bond acceptors (Lipinski definition) is 3. The summed E-state index contributed by atoms with van der Waals surface area (Å²) in [4.78, 5) is 4.33. The van der Waals surface area contributed by atoms with Crippen LogP contribution >= 0.6 is 0 Å². The van der Waals surface area contributed by atoms with E-state index in [1.807, 2.05) is 24.3 Å². The lowest BCUT2D eigenvalue weighted by molar-refractivity contribution is 0.553. The van der Waals surface area contributed by atoms with Crippen molar-refractivity contribution in [2.45, 2.75) is 20.4 Å². The number of nitrogens with one attached hydrogen (secondary N) is 1. The molecule has 3 heteroatoms. The monoisotopic (exact) mass is 229 g/mol. The van der Waals surface area contributed by atoms with E-state index in [1.165, 1.54) is 10.9 Å². The van der Waals surface area contributed by atoms with Gasteiger partial charge in [0.05, 0.1) is 5.52 Å². The number of benzene rings is 1. The molecule has 17 heavy (non-hydrogen) atoms. The molecule has 0 radical (unpaired) electrons. The minimum absolute atomic E-state index is 0.588. The second kappa shape index (κ2) is 5.15. The van der Waals surface area contributed by atoms with Crippen molar-refractivity contribution in [2.24, 2.45) is 5.92 Å². The van der Waals surface area contributed by atoms with Gasteiger partial charge in [0.15, 0.2) is 0 Å². The lowest BCUT2D eigenvalue weighted by Crippen LogP contribution is -2.19. The fraction of sp³-hybridized carbons (Fsp3) is 0.357. The van der Waals surface area contributed by atoms with Gasteiger partial charge in [-0.1, -0.05) is 32.0 Å². The van der Waals surface area contributed by atoms with Crippen LogP contribution in [0.3, 0.4) is 0 Å². The normalized spacial score (nSPS) is 11.2. The number of nitrogen functional groups attached to an aromatic ring is 1. The highest BCUT2D eigenvalue weighted by Gasteiger charge is 2.03. The van der Waals surface area contributed by atoms with Crippen molar-refractivity contribution in [1.29, 1.82) is 0 Å². The summed E-state index contributed by atoms with van der Waals surface area (Å²) < 4.78 is 0. The van der Waals surface area contributed by atoms with Crippen LogP contribution < -0.4 is 11.1 Å². The van der Waals surface area contributed by atoms with Crippen LogP contribution in [0.15, 0.2) is 30.3 Å². The minimum Gasteiger partial charge on any atom is -0.384 e.